The molecule has 0 fully saturated rings. The number of Topliss-reactive ketones (excluding diaryl/α,β-unsaturated/α-hetero) is 1. The third-order valence-corrected chi connectivity index (χ3v) is 2.63. The first-order valence-electron chi connectivity index (χ1n) is 4.22. The second-order valence-corrected chi connectivity index (χ2v) is 3.86. The number of carbonyl (C=O) groups excluding carboxylic acids is 1. The second kappa shape index (κ2) is 5.53. The summed E-state index contributed by atoms with van der Waals surface area (Å²) in [5, 5.41) is 17.3. The van der Waals surface area contributed by atoms with E-state index in [1.54, 1.807) is 30.3 Å². The van der Waals surface area contributed by atoms with Crippen molar-refractivity contribution < 1.29 is 19.8 Å². The van der Waals surface area contributed by atoms with Crippen LogP contribution in [0.1, 0.15) is 10.4 Å². The molecule has 0 heterocycles. The van der Waals surface area contributed by atoms with Crippen LogP contribution in [0.4, 0.5) is 0 Å². The summed E-state index contributed by atoms with van der Waals surface area (Å²) in [4.78, 5) is 21.7. The van der Waals surface area contributed by atoms with Crippen LogP contribution in [-0.4, -0.2) is 33.2 Å². The highest BCUT2D eigenvalue weighted by atomic mass is 32.2. The molecule has 0 aliphatic rings. The molecule has 0 saturated heterocycles. The van der Waals surface area contributed by atoms with Crippen LogP contribution in [-0.2, 0) is 4.79 Å². The third-order valence-electron chi connectivity index (χ3n) is 1.68. The molecule has 15 heavy (non-hydrogen) atoms. The fourth-order valence-corrected chi connectivity index (χ4v) is 1.55. The summed E-state index contributed by atoms with van der Waals surface area (Å²) in [5.74, 6) is -1.57. The molecule has 0 saturated carbocycles. The Bertz CT molecular complexity index is 350. The highest BCUT2D eigenvalue weighted by Gasteiger charge is 2.15. The van der Waals surface area contributed by atoms with E-state index in [2.05, 4.69) is 0 Å². The van der Waals surface area contributed by atoms with E-state index in [0.717, 1.165) is 0 Å². The predicted octanol–water partition coefficient (Wildman–Crippen LogP) is 1.01. The summed E-state index contributed by atoms with van der Waals surface area (Å²) in [6.07, 6.45) is 0. The van der Waals surface area contributed by atoms with Gasteiger partial charge in [-0.05, 0) is 0 Å². The van der Waals surface area contributed by atoms with Crippen LogP contribution in [0.2, 0.25) is 0 Å². The highest BCUT2D eigenvalue weighted by Crippen LogP contribution is 2.11. The highest BCUT2D eigenvalue weighted by molar-refractivity contribution is 8.01. The zero-order valence-corrected chi connectivity index (χ0v) is 8.61. The molecule has 1 unspecified atom stereocenters. The number of carboxylic acids is 1. The van der Waals surface area contributed by atoms with Gasteiger partial charge in [-0.15, -0.1) is 11.8 Å². The number of aliphatic hydroxyl groups is 1. The Balaban J connectivity index is 2.47. The largest absolute Gasteiger partial charge is 0.479 e. The van der Waals surface area contributed by atoms with Crippen LogP contribution in [0.5, 0.6) is 0 Å². The molecule has 0 amide bonds. The monoisotopic (exact) mass is 226 g/mol. The van der Waals surface area contributed by atoms with E-state index in [1.807, 2.05) is 0 Å². The lowest BCUT2D eigenvalue weighted by atomic mass is 10.2. The van der Waals surface area contributed by atoms with Gasteiger partial charge >= 0.3 is 5.97 Å². The number of rotatable bonds is 5. The Labute approximate surface area is 90.9 Å². The lowest BCUT2D eigenvalue weighted by Gasteiger charge is -2.04. The van der Waals surface area contributed by atoms with E-state index < -0.39 is 11.4 Å². The Morgan fingerprint density at radius 2 is 1.87 bits per heavy atom. The number of carboxylic acid groups (broad SMARTS) is 1. The van der Waals surface area contributed by atoms with Crippen molar-refractivity contribution in [3.8, 4) is 0 Å². The van der Waals surface area contributed by atoms with Gasteiger partial charge in [-0.25, -0.2) is 4.79 Å². The molecule has 2 N–H and O–H groups in total. The van der Waals surface area contributed by atoms with Crippen LogP contribution < -0.4 is 0 Å². The van der Waals surface area contributed by atoms with Gasteiger partial charge in [0.1, 0.15) is 0 Å². The Hall–Kier alpha value is -1.33. The molecule has 5 heteroatoms. The van der Waals surface area contributed by atoms with E-state index in [1.165, 1.54) is 0 Å². The summed E-state index contributed by atoms with van der Waals surface area (Å²) < 4.78 is 0. The Morgan fingerprint density at radius 3 is 2.40 bits per heavy atom. The van der Waals surface area contributed by atoms with E-state index in [-0.39, 0.29) is 11.5 Å². The zero-order chi connectivity index (χ0) is 11.3. The van der Waals surface area contributed by atoms with Crippen molar-refractivity contribution in [1.29, 1.82) is 0 Å². The Morgan fingerprint density at radius 1 is 1.27 bits per heavy atom. The maximum Gasteiger partial charge on any atom is 0.343 e. The van der Waals surface area contributed by atoms with Gasteiger partial charge in [0, 0.05) is 5.56 Å². The molecule has 4 nitrogen and oxygen atoms in total. The normalized spacial score (nSPS) is 12.1. The maximum atomic E-state index is 11.4. The summed E-state index contributed by atoms with van der Waals surface area (Å²) in [6, 6.07) is 8.54. The summed E-state index contributed by atoms with van der Waals surface area (Å²) >= 11 is 0.694. The first-order chi connectivity index (χ1) is 7.11. The van der Waals surface area contributed by atoms with Crippen molar-refractivity contribution >= 4 is 23.5 Å². The first-order valence-corrected chi connectivity index (χ1v) is 5.27. The molecular formula is C10H10O4S. The van der Waals surface area contributed by atoms with E-state index in [9.17, 15) is 9.59 Å². The lowest BCUT2D eigenvalue weighted by Crippen LogP contribution is -2.17. The molecule has 0 aliphatic carbocycles. The third kappa shape index (κ3) is 3.73. The van der Waals surface area contributed by atoms with Gasteiger partial charge in [-0.2, -0.15) is 0 Å². The van der Waals surface area contributed by atoms with Crippen molar-refractivity contribution in [3.05, 3.63) is 35.9 Å². The van der Waals surface area contributed by atoms with Gasteiger partial charge < -0.3 is 10.2 Å². The van der Waals surface area contributed by atoms with Crippen molar-refractivity contribution in [2.45, 2.75) is 5.44 Å². The van der Waals surface area contributed by atoms with Crippen molar-refractivity contribution in [1.82, 2.24) is 0 Å². The molecule has 80 valence electrons. The standard InChI is InChI=1S/C10H10O4S/c11-8(6-15-10(14)9(12)13)7-4-2-1-3-5-7/h1-5,10,14H,6H2,(H,12,13). The van der Waals surface area contributed by atoms with Gasteiger partial charge in [0.05, 0.1) is 5.75 Å². The fraction of sp³-hybridized carbons (Fsp3) is 0.200. The number of thioether (sulfide) groups is 1. The van der Waals surface area contributed by atoms with E-state index in [0.29, 0.717) is 17.3 Å². The minimum atomic E-state index is -1.54. The fourth-order valence-electron chi connectivity index (χ4n) is 0.933. The van der Waals surface area contributed by atoms with Gasteiger partial charge in [0.25, 0.3) is 0 Å². The molecular weight excluding hydrogens is 216 g/mol. The number of aliphatic hydroxyl groups excluding tert-OH is 1. The summed E-state index contributed by atoms with van der Waals surface area (Å²) in [7, 11) is 0. The van der Waals surface area contributed by atoms with Gasteiger partial charge in [0.2, 0.25) is 0 Å². The van der Waals surface area contributed by atoms with Crippen LogP contribution in [0, 0.1) is 0 Å². The van der Waals surface area contributed by atoms with Gasteiger partial charge in [-0.1, -0.05) is 30.3 Å². The quantitative estimate of drug-likeness (QED) is 0.579. The van der Waals surface area contributed by atoms with E-state index >= 15 is 0 Å². The topological polar surface area (TPSA) is 74.6 Å². The average molecular weight is 226 g/mol. The Kier molecular flexibility index (Phi) is 4.33. The smallest absolute Gasteiger partial charge is 0.343 e. The first kappa shape index (κ1) is 11.7. The SMILES string of the molecule is O=C(CSC(O)C(=O)O)c1ccccc1. The molecule has 0 aliphatic heterocycles. The number of carbonyl (C=O) groups is 2. The van der Waals surface area contributed by atoms with Crippen LogP contribution >= 0.6 is 11.8 Å². The molecule has 1 aromatic rings. The van der Waals surface area contributed by atoms with Crippen molar-refractivity contribution in [2.24, 2.45) is 0 Å². The van der Waals surface area contributed by atoms with Gasteiger partial charge in [0.15, 0.2) is 11.2 Å². The minimum absolute atomic E-state index is 0.0442. The predicted molar refractivity (Wildman–Crippen MR) is 56.9 cm³/mol. The molecule has 0 aromatic heterocycles. The molecule has 0 bridgehead atoms. The number of benzene rings is 1. The molecule has 1 rings (SSSR count). The molecule has 0 radical (unpaired) electrons. The van der Waals surface area contributed by atoms with Gasteiger partial charge in [-0.3, -0.25) is 4.79 Å². The van der Waals surface area contributed by atoms with Crippen LogP contribution in [0.15, 0.2) is 30.3 Å². The number of ketones is 1. The van der Waals surface area contributed by atoms with Crippen LogP contribution in [0.3, 0.4) is 0 Å². The minimum Gasteiger partial charge on any atom is -0.479 e. The molecule has 0 spiro atoms. The summed E-state index contributed by atoms with van der Waals surface area (Å²) in [6.45, 7) is 0. The number of aliphatic carboxylic acids is 1. The number of hydrogen-bond donors (Lipinski definition) is 2. The van der Waals surface area contributed by atoms with Crippen molar-refractivity contribution in [2.75, 3.05) is 5.75 Å². The molecule has 1 aromatic carbocycles. The van der Waals surface area contributed by atoms with E-state index in [4.69, 9.17) is 10.2 Å². The van der Waals surface area contributed by atoms with Crippen molar-refractivity contribution in [3.63, 3.8) is 0 Å². The maximum absolute atomic E-state index is 11.4. The average Bonchev–Trinajstić information content (AvgIpc) is 2.26. The lowest BCUT2D eigenvalue weighted by molar-refractivity contribution is -0.141. The molecule has 1 atom stereocenters. The second-order valence-electron chi connectivity index (χ2n) is 2.79. The summed E-state index contributed by atoms with van der Waals surface area (Å²) in [5.41, 5.74) is -1.03. The number of hydrogen-bond acceptors (Lipinski definition) is 4. The van der Waals surface area contributed by atoms with Crippen LogP contribution in [0.25, 0.3) is 0 Å². The zero-order valence-electron chi connectivity index (χ0n) is 7.79.